The van der Waals surface area contributed by atoms with Crippen molar-refractivity contribution in [2.75, 3.05) is 6.61 Å². The average Bonchev–Trinajstić information content (AvgIpc) is 3.21. The van der Waals surface area contributed by atoms with Gasteiger partial charge in [0.15, 0.2) is 5.96 Å². The third-order valence-electron chi connectivity index (χ3n) is 8.59. The summed E-state index contributed by atoms with van der Waals surface area (Å²) in [4.78, 5) is 28.5. The van der Waals surface area contributed by atoms with Crippen molar-refractivity contribution in [2.24, 2.45) is 0 Å². The molecule has 38 heavy (non-hydrogen) atoms. The fourth-order valence-corrected chi connectivity index (χ4v) is 6.43. The van der Waals surface area contributed by atoms with Gasteiger partial charge in [-0.15, -0.1) is 0 Å². The van der Waals surface area contributed by atoms with Crippen molar-refractivity contribution in [2.45, 2.75) is 75.6 Å². The van der Waals surface area contributed by atoms with Gasteiger partial charge < -0.3 is 20.5 Å². The number of fused-ring (bicyclic) bond motifs is 6. The van der Waals surface area contributed by atoms with Crippen LogP contribution in [0.4, 0.5) is 0 Å². The highest BCUT2D eigenvalue weighted by Crippen LogP contribution is 2.40. The summed E-state index contributed by atoms with van der Waals surface area (Å²) < 4.78 is 5.87. The molecule has 4 aliphatic heterocycles. The van der Waals surface area contributed by atoms with Gasteiger partial charge in [-0.25, -0.2) is 0 Å². The maximum Gasteiger partial charge on any atom is 0.251 e. The van der Waals surface area contributed by atoms with E-state index in [1.165, 1.54) is 0 Å². The van der Waals surface area contributed by atoms with Gasteiger partial charge in [0, 0.05) is 29.5 Å². The number of ether oxygens (including phenoxy) is 1. The second-order valence-corrected chi connectivity index (χ2v) is 10.9. The van der Waals surface area contributed by atoms with Crippen LogP contribution in [0.5, 0.6) is 5.75 Å². The average molecular weight is 515 g/mol. The van der Waals surface area contributed by atoms with E-state index in [0.29, 0.717) is 37.2 Å². The molecular formula is C30H34N4O4. The van der Waals surface area contributed by atoms with Gasteiger partial charge >= 0.3 is 0 Å². The Labute approximate surface area is 222 Å². The Hall–Kier alpha value is -3.65. The minimum atomic E-state index is -0.702. The number of hydrogen-bond donors (Lipinski definition) is 4. The van der Waals surface area contributed by atoms with Crippen molar-refractivity contribution in [3.63, 3.8) is 0 Å². The second-order valence-electron chi connectivity index (χ2n) is 10.9. The normalized spacial score (nSPS) is 29.5. The quantitative estimate of drug-likeness (QED) is 0.459. The number of aliphatic hydroxyl groups excluding tert-OH is 1. The molecule has 4 heterocycles. The van der Waals surface area contributed by atoms with Crippen LogP contribution in [-0.4, -0.2) is 46.0 Å². The van der Waals surface area contributed by atoms with Crippen molar-refractivity contribution in [1.29, 1.82) is 5.41 Å². The molecule has 1 aliphatic carbocycles. The number of allylic oxidation sites excluding steroid dienone is 1. The van der Waals surface area contributed by atoms with Gasteiger partial charge in [0.05, 0.1) is 31.2 Å². The first-order valence-corrected chi connectivity index (χ1v) is 13.6. The zero-order chi connectivity index (χ0) is 26.4. The number of nitrogens with zero attached hydrogens (tertiary/aromatic N) is 1. The summed E-state index contributed by atoms with van der Waals surface area (Å²) in [5.41, 5.74) is 3.74. The van der Waals surface area contributed by atoms with Gasteiger partial charge in [-0.3, -0.25) is 19.9 Å². The molecule has 8 nitrogen and oxygen atoms in total. The first-order valence-electron chi connectivity index (χ1n) is 13.6. The topological polar surface area (TPSA) is 115 Å². The summed E-state index contributed by atoms with van der Waals surface area (Å²) in [6.45, 7) is 2.50. The van der Waals surface area contributed by atoms with E-state index >= 15 is 0 Å². The number of guanidine groups is 1. The molecule has 4 unspecified atom stereocenters. The molecule has 1 fully saturated rings. The third-order valence-corrected chi connectivity index (χ3v) is 8.59. The minimum absolute atomic E-state index is 0.0746. The molecule has 2 aromatic rings. The van der Waals surface area contributed by atoms with Crippen LogP contribution in [0.1, 0.15) is 90.1 Å². The molecule has 4 N–H and O–H groups in total. The molecule has 2 aromatic carbocycles. The fourth-order valence-electron chi connectivity index (χ4n) is 6.43. The lowest BCUT2D eigenvalue weighted by Gasteiger charge is -2.46. The molecule has 0 aromatic heterocycles. The summed E-state index contributed by atoms with van der Waals surface area (Å²) in [5.74, 6) is 0.367. The van der Waals surface area contributed by atoms with Crippen LogP contribution in [0.3, 0.4) is 0 Å². The van der Waals surface area contributed by atoms with Crippen LogP contribution in [0.2, 0.25) is 0 Å². The summed E-state index contributed by atoms with van der Waals surface area (Å²) in [6, 6.07) is 10.5. The molecule has 8 heteroatoms. The predicted octanol–water partition coefficient (Wildman–Crippen LogP) is 4.00. The van der Waals surface area contributed by atoms with Crippen LogP contribution in [0, 0.1) is 5.41 Å². The Morgan fingerprint density at radius 1 is 1.18 bits per heavy atom. The minimum Gasteiger partial charge on any atom is -0.493 e. The lowest BCUT2D eigenvalue weighted by atomic mass is 9.83. The highest BCUT2D eigenvalue weighted by Gasteiger charge is 2.44. The second kappa shape index (κ2) is 9.58. The highest BCUT2D eigenvalue weighted by atomic mass is 16.5. The Balaban J connectivity index is 1.41. The number of rotatable bonds is 1. The number of carbonyl (C=O) groups is 2. The Morgan fingerprint density at radius 2 is 2.05 bits per heavy atom. The third kappa shape index (κ3) is 4.26. The molecule has 6 bridgehead atoms. The van der Waals surface area contributed by atoms with Crippen molar-refractivity contribution in [1.82, 2.24) is 15.5 Å². The Bertz CT molecular complexity index is 1320. The van der Waals surface area contributed by atoms with Crippen LogP contribution < -0.4 is 15.4 Å². The summed E-state index contributed by atoms with van der Waals surface area (Å²) in [7, 11) is 0. The van der Waals surface area contributed by atoms with E-state index in [-0.39, 0.29) is 23.8 Å². The zero-order valence-electron chi connectivity index (χ0n) is 21.6. The van der Waals surface area contributed by atoms with E-state index in [2.05, 4.69) is 35.8 Å². The SMILES string of the molecule is CCC12CCC/C=C/c3ccc4c(c3)C(NC(=O)c3ccc5c(c3)C(CCO5)N(C(=N)N1)C(=O)C2)C(O)C4. The van der Waals surface area contributed by atoms with Gasteiger partial charge in [-0.05, 0) is 66.6 Å². The molecule has 198 valence electrons. The van der Waals surface area contributed by atoms with Crippen molar-refractivity contribution in [3.8, 4) is 5.75 Å². The van der Waals surface area contributed by atoms with Crippen LogP contribution >= 0.6 is 0 Å². The van der Waals surface area contributed by atoms with Gasteiger partial charge in [0.25, 0.3) is 5.91 Å². The lowest BCUT2D eigenvalue weighted by molar-refractivity contribution is -0.133. The number of carbonyl (C=O) groups excluding carboxylic acids is 2. The van der Waals surface area contributed by atoms with Gasteiger partial charge in [-0.1, -0.05) is 31.2 Å². The van der Waals surface area contributed by atoms with E-state index < -0.39 is 17.7 Å². The first-order chi connectivity index (χ1) is 18.4. The largest absolute Gasteiger partial charge is 0.493 e. The smallest absolute Gasteiger partial charge is 0.251 e. The standard InChI is InChI=1S/C30H34N4O4/c1-2-30-12-5-3-4-6-18-7-8-19-16-24(35)27(21(19)14-18)32-28(37)20-9-10-25-22(15-20)23(11-13-38-25)34(26(36)17-30)29(31)33-30/h4,6-10,14-15,23-24,27,35H,2-3,5,11-13,16-17H2,1H3,(H2,31,33)(H,32,37)/b6-4+. The highest BCUT2D eigenvalue weighted by molar-refractivity contribution is 6.00. The van der Waals surface area contributed by atoms with Gasteiger partial charge in [0.1, 0.15) is 5.75 Å². The van der Waals surface area contributed by atoms with Crippen molar-refractivity contribution in [3.05, 3.63) is 70.3 Å². The fraction of sp³-hybridized carbons (Fsp3) is 0.433. The number of benzene rings is 2. The Kier molecular flexibility index (Phi) is 6.22. The predicted molar refractivity (Wildman–Crippen MR) is 144 cm³/mol. The van der Waals surface area contributed by atoms with E-state index in [4.69, 9.17) is 10.1 Å². The number of nitrogens with one attached hydrogen (secondary N) is 3. The molecule has 0 spiro atoms. The monoisotopic (exact) mass is 514 g/mol. The van der Waals surface area contributed by atoms with E-state index in [0.717, 1.165) is 47.9 Å². The number of hydrogen-bond acceptors (Lipinski definition) is 5. The maximum atomic E-state index is 13.6. The molecule has 0 saturated carbocycles. The van der Waals surface area contributed by atoms with Crippen LogP contribution in [0.15, 0.2) is 42.5 Å². The van der Waals surface area contributed by atoms with E-state index in [1.54, 1.807) is 23.1 Å². The maximum absolute atomic E-state index is 13.6. The van der Waals surface area contributed by atoms with E-state index in [1.807, 2.05) is 12.1 Å². The van der Waals surface area contributed by atoms with Gasteiger partial charge in [0.2, 0.25) is 5.91 Å². The molecule has 5 aliphatic rings. The molecule has 0 radical (unpaired) electrons. The van der Waals surface area contributed by atoms with Crippen LogP contribution in [0.25, 0.3) is 6.08 Å². The zero-order valence-corrected chi connectivity index (χ0v) is 21.6. The summed E-state index contributed by atoms with van der Waals surface area (Å²) in [6.07, 6.45) is 8.15. The van der Waals surface area contributed by atoms with Crippen molar-refractivity contribution >= 4 is 23.8 Å². The summed E-state index contributed by atoms with van der Waals surface area (Å²) >= 11 is 0. The number of aliphatic hydroxyl groups is 1. The lowest BCUT2D eigenvalue weighted by Crippen LogP contribution is -2.63. The molecule has 7 rings (SSSR count). The number of amides is 2. The molecule has 1 saturated heterocycles. The molecular weight excluding hydrogens is 480 g/mol. The molecule has 4 atom stereocenters. The van der Waals surface area contributed by atoms with Gasteiger partial charge in [-0.2, -0.15) is 0 Å². The van der Waals surface area contributed by atoms with Crippen LogP contribution in [-0.2, 0) is 11.2 Å². The Morgan fingerprint density at radius 3 is 2.87 bits per heavy atom. The first kappa shape index (κ1) is 24.7. The summed E-state index contributed by atoms with van der Waals surface area (Å²) in [5, 5.41) is 26.1. The van der Waals surface area contributed by atoms with E-state index in [9.17, 15) is 14.7 Å². The van der Waals surface area contributed by atoms with Crippen molar-refractivity contribution < 1.29 is 19.4 Å². The molecule has 2 amide bonds.